The van der Waals surface area contributed by atoms with E-state index >= 15 is 0 Å². The summed E-state index contributed by atoms with van der Waals surface area (Å²) in [5, 5.41) is 0. The second-order valence-corrected chi connectivity index (χ2v) is 26.4. The van der Waals surface area contributed by atoms with Crippen molar-refractivity contribution in [1.82, 2.24) is 0 Å². The van der Waals surface area contributed by atoms with Crippen LogP contribution in [0.15, 0.2) is 29.2 Å². The van der Waals surface area contributed by atoms with Crippen LogP contribution in [0.5, 0.6) is 0 Å². The van der Waals surface area contributed by atoms with Crippen LogP contribution < -0.4 is 2.89 Å². The Hall–Kier alpha value is -0.0713. The Morgan fingerprint density at radius 3 is 1.87 bits per heavy atom. The first kappa shape index (κ1) is 27.2. The summed E-state index contributed by atoms with van der Waals surface area (Å²) in [6.07, 6.45) is 16.7. The summed E-state index contributed by atoms with van der Waals surface area (Å²) in [4.78, 5) is 2.18. The fourth-order valence-electron chi connectivity index (χ4n) is 4.69. The van der Waals surface area contributed by atoms with Gasteiger partial charge in [0, 0.05) is 0 Å². The van der Waals surface area contributed by atoms with Crippen molar-refractivity contribution in [2.75, 3.05) is 0 Å². The molecule has 2 rings (SSSR count). The Bertz CT molecular complexity index is 812. The number of unbranched alkanes of at least 4 members (excludes halogenated alkanes) is 6. The molecule has 1 aliphatic rings. The molecule has 2 heterocycles. The van der Waals surface area contributed by atoms with Gasteiger partial charge in [-0.15, -0.1) is 0 Å². The van der Waals surface area contributed by atoms with E-state index < -0.39 is 28.2 Å². The molecule has 0 bridgehead atoms. The molecule has 0 spiro atoms. The molecule has 0 fully saturated rings. The topological polar surface area (TPSA) is 34.1 Å². The molecule has 0 unspecified atom stereocenters. The first-order valence-electron chi connectivity index (χ1n) is 12.7. The number of hydrogen-bond donors (Lipinski definition) is 0. The number of sulfone groups is 1. The SMILES string of the molecule is CCCCCCC1=CC=C(c2cc[c]([Sn]([CH2]CCC)([CH2]CCC)[CH2]CCC)s2)S1(=O)=O. The van der Waals surface area contributed by atoms with E-state index in [1.807, 2.05) is 23.5 Å². The monoisotopic (exact) mass is 572 g/mol. The summed E-state index contributed by atoms with van der Waals surface area (Å²) in [7, 11) is -3.30. The molecule has 0 amide bonds. The van der Waals surface area contributed by atoms with E-state index in [0.29, 0.717) is 16.2 Å². The molecule has 0 aliphatic carbocycles. The van der Waals surface area contributed by atoms with E-state index in [2.05, 4.69) is 39.8 Å². The molecular formula is C26H44O2S2Sn. The number of thiophene rings is 1. The molecule has 176 valence electrons. The molecule has 1 aliphatic heterocycles. The van der Waals surface area contributed by atoms with E-state index in [1.54, 1.807) is 2.89 Å². The van der Waals surface area contributed by atoms with Gasteiger partial charge in [0.25, 0.3) is 0 Å². The summed E-state index contributed by atoms with van der Waals surface area (Å²) in [6.45, 7) is 9.10. The van der Waals surface area contributed by atoms with Gasteiger partial charge >= 0.3 is 201 Å². The third kappa shape index (κ3) is 7.20. The van der Waals surface area contributed by atoms with Gasteiger partial charge in [0.2, 0.25) is 0 Å². The summed E-state index contributed by atoms with van der Waals surface area (Å²) in [5.41, 5.74) is 0. The van der Waals surface area contributed by atoms with Gasteiger partial charge in [-0.1, -0.05) is 0 Å². The van der Waals surface area contributed by atoms with E-state index in [4.69, 9.17) is 0 Å². The van der Waals surface area contributed by atoms with Gasteiger partial charge in [-0.2, -0.15) is 0 Å². The van der Waals surface area contributed by atoms with E-state index in [0.717, 1.165) is 17.7 Å². The van der Waals surface area contributed by atoms with Crippen LogP contribution in [0.4, 0.5) is 0 Å². The number of hydrogen-bond acceptors (Lipinski definition) is 3. The van der Waals surface area contributed by atoms with Crippen molar-refractivity contribution in [3.8, 4) is 0 Å². The van der Waals surface area contributed by atoms with E-state index in [1.165, 1.54) is 64.7 Å². The fraction of sp³-hybridized carbons (Fsp3) is 0.692. The van der Waals surface area contributed by atoms with Gasteiger partial charge in [0.05, 0.1) is 0 Å². The summed E-state index contributed by atoms with van der Waals surface area (Å²) in [5.74, 6) is 0. The number of allylic oxidation sites excluding steroid dienone is 3. The summed E-state index contributed by atoms with van der Waals surface area (Å²) in [6, 6.07) is 4.47. The molecule has 1 aromatic heterocycles. The van der Waals surface area contributed by atoms with Gasteiger partial charge in [0.1, 0.15) is 0 Å². The van der Waals surface area contributed by atoms with Crippen LogP contribution in [0, 0.1) is 0 Å². The predicted molar refractivity (Wildman–Crippen MR) is 143 cm³/mol. The molecular weight excluding hydrogens is 527 g/mol. The van der Waals surface area contributed by atoms with Crippen molar-refractivity contribution >= 4 is 47.3 Å². The summed E-state index contributed by atoms with van der Waals surface area (Å²) >= 11 is -0.659. The molecule has 0 N–H and O–H groups in total. The molecule has 0 saturated heterocycles. The molecule has 5 heteroatoms. The van der Waals surface area contributed by atoms with Crippen molar-refractivity contribution in [2.24, 2.45) is 0 Å². The summed E-state index contributed by atoms with van der Waals surface area (Å²) < 4.78 is 32.3. The Morgan fingerprint density at radius 1 is 0.742 bits per heavy atom. The van der Waals surface area contributed by atoms with Crippen LogP contribution in [0.1, 0.15) is 103 Å². The van der Waals surface area contributed by atoms with Crippen molar-refractivity contribution in [1.29, 1.82) is 0 Å². The average molecular weight is 571 g/mol. The van der Waals surface area contributed by atoms with Gasteiger partial charge < -0.3 is 0 Å². The zero-order chi connectivity index (χ0) is 22.7. The van der Waals surface area contributed by atoms with Crippen molar-refractivity contribution in [2.45, 2.75) is 112 Å². The van der Waals surface area contributed by atoms with Crippen LogP contribution in [0.2, 0.25) is 13.3 Å². The first-order valence-corrected chi connectivity index (χ1v) is 22.5. The standard InChI is InChI=1S/C14H17O2S2.3C4H9.Sn/c1-2-3-4-5-7-12-9-10-14(18(12,15)16)13-8-6-11-17-13;3*1-3-4-2;/h6,8-10H,2-5,7H2,1H3;3*1,3-4H2,2H3;. The minimum atomic E-state index is -3.30. The minimum absolute atomic E-state index is 0.566. The third-order valence-electron chi connectivity index (χ3n) is 6.73. The maximum absolute atomic E-state index is 13.2. The van der Waals surface area contributed by atoms with Crippen LogP contribution in [0.3, 0.4) is 0 Å². The Balaban J connectivity index is 2.24. The van der Waals surface area contributed by atoms with Gasteiger partial charge in [0.15, 0.2) is 0 Å². The van der Waals surface area contributed by atoms with Gasteiger partial charge in [-0.3, -0.25) is 0 Å². The quantitative estimate of drug-likeness (QED) is 0.147. The average Bonchev–Trinajstić information content (AvgIpc) is 3.35. The molecule has 0 atom stereocenters. The van der Waals surface area contributed by atoms with Crippen LogP contribution in [-0.4, -0.2) is 26.8 Å². The van der Waals surface area contributed by atoms with Gasteiger partial charge in [-0.05, 0) is 0 Å². The molecule has 0 radical (unpaired) electrons. The second-order valence-electron chi connectivity index (χ2n) is 9.23. The predicted octanol–water partition coefficient (Wildman–Crippen LogP) is 8.43. The van der Waals surface area contributed by atoms with Crippen molar-refractivity contribution in [3.05, 3.63) is 34.1 Å². The van der Waals surface area contributed by atoms with Crippen molar-refractivity contribution < 1.29 is 8.42 Å². The van der Waals surface area contributed by atoms with Crippen molar-refractivity contribution in [3.63, 3.8) is 0 Å². The molecule has 2 nitrogen and oxygen atoms in total. The molecule has 0 saturated carbocycles. The van der Waals surface area contributed by atoms with E-state index in [9.17, 15) is 8.42 Å². The Kier molecular flexibility index (Phi) is 11.9. The second kappa shape index (κ2) is 13.6. The third-order valence-corrected chi connectivity index (χ3v) is 28.2. The fourth-order valence-corrected chi connectivity index (χ4v) is 26.7. The zero-order valence-electron chi connectivity index (χ0n) is 20.3. The molecule has 31 heavy (non-hydrogen) atoms. The van der Waals surface area contributed by atoms with Crippen LogP contribution in [0.25, 0.3) is 4.91 Å². The zero-order valence-corrected chi connectivity index (χ0v) is 24.8. The maximum atomic E-state index is 13.2. The van der Waals surface area contributed by atoms with Crippen LogP contribution in [-0.2, 0) is 9.84 Å². The normalized spacial score (nSPS) is 15.9. The Labute approximate surface area is 200 Å². The Morgan fingerprint density at radius 2 is 1.32 bits per heavy atom. The first-order chi connectivity index (χ1) is 14.9. The van der Waals surface area contributed by atoms with Crippen LogP contribution >= 0.6 is 11.3 Å². The molecule has 0 aromatic carbocycles. The number of rotatable bonds is 16. The van der Waals surface area contributed by atoms with Gasteiger partial charge in [-0.25, -0.2) is 0 Å². The molecule has 1 aromatic rings. The van der Waals surface area contributed by atoms with E-state index in [-0.39, 0.29) is 0 Å².